The fourth-order valence-corrected chi connectivity index (χ4v) is 1.99. The summed E-state index contributed by atoms with van der Waals surface area (Å²) < 4.78 is 0. The molecule has 1 heterocycles. The highest BCUT2D eigenvalue weighted by atomic mass is 16.3. The Bertz CT molecular complexity index is 713. The van der Waals surface area contributed by atoms with Gasteiger partial charge >= 0.3 is 0 Å². The number of nitrogen functional groups attached to an aromatic ring is 1. The summed E-state index contributed by atoms with van der Waals surface area (Å²) in [6, 6.07) is 11.1. The predicted octanol–water partition coefficient (Wildman–Crippen LogP) is 1.98. The zero-order chi connectivity index (χ0) is 12.5. The highest BCUT2D eigenvalue weighted by Gasteiger charge is 2.13. The molecule has 3 aromatic rings. The van der Waals surface area contributed by atoms with Crippen LogP contribution in [0.25, 0.3) is 22.0 Å². The Morgan fingerprint density at radius 2 is 1.94 bits per heavy atom. The smallest absolute Gasteiger partial charge is 0.148 e. The molecule has 0 spiro atoms. The highest BCUT2D eigenvalue weighted by molar-refractivity contribution is 6.02. The SMILES string of the molecule is Nc1cc2ccccc2c(-c2ccnnn2)c1O. The standard InChI is InChI=1S/C13H10N4O/c14-10-7-8-3-1-2-4-9(8)12(13(10)18)11-5-6-15-17-16-11/h1-7,18H,14H2. The summed E-state index contributed by atoms with van der Waals surface area (Å²) in [7, 11) is 0. The van der Waals surface area contributed by atoms with E-state index >= 15 is 0 Å². The fourth-order valence-electron chi connectivity index (χ4n) is 1.99. The summed E-state index contributed by atoms with van der Waals surface area (Å²) in [5.74, 6) is 0.0224. The van der Waals surface area contributed by atoms with Gasteiger partial charge in [-0.15, -0.1) is 10.2 Å². The van der Waals surface area contributed by atoms with Crippen LogP contribution in [0.5, 0.6) is 5.75 Å². The topological polar surface area (TPSA) is 84.9 Å². The van der Waals surface area contributed by atoms with Crippen molar-refractivity contribution in [3.63, 3.8) is 0 Å². The quantitative estimate of drug-likeness (QED) is 0.500. The molecule has 3 rings (SSSR count). The van der Waals surface area contributed by atoms with E-state index in [9.17, 15) is 5.11 Å². The first-order valence-electron chi connectivity index (χ1n) is 5.42. The molecule has 3 N–H and O–H groups in total. The van der Waals surface area contributed by atoms with Crippen molar-refractivity contribution in [1.29, 1.82) is 0 Å². The van der Waals surface area contributed by atoms with Gasteiger partial charge in [0.05, 0.1) is 17.4 Å². The van der Waals surface area contributed by atoms with E-state index in [1.165, 1.54) is 6.20 Å². The third-order valence-electron chi connectivity index (χ3n) is 2.81. The first kappa shape index (κ1) is 10.5. The van der Waals surface area contributed by atoms with Crippen molar-refractivity contribution in [1.82, 2.24) is 15.4 Å². The molecule has 0 saturated heterocycles. The molecule has 0 atom stereocenters. The van der Waals surface area contributed by atoms with Crippen molar-refractivity contribution >= 4 is 16.5 Å². The molecule has 0 saturated carbocycles. The van der Waals surface area contributed by atoms with E-state index in [1.807, 2.05) is 24.3 Å². The lowest BCUT2D eigenvalue weighted by Gasteiger charge is -2.10. The van der Waals surface area contributed by atoms with Crippen LogP contribution in [-0.4, -0.2) is 20.5 Å². The molecule has 0 unspecified atom stereocenters. The van der Waals surface area contributed by atoms with E-state index in [1.54, 1.807) is 12.1 Å². The van der Waals surface area contributed by atoms with E-state index < -0.39 is 0 Å². The van der Waals surface area contributed by atoms with Crippen LogP contribution < -0.4 is 5.73 Å². The number of phenolic OH excluding ortho intramolecular Hbond substituents is 1. The Kier molecular flexibility index (Phi) is 2.30. The number of aromatic nitrogens is 3. The lowest BCUT2D eigenvalue weighted by molar-refractivity contribution is 0.480. The molecular formula is C13H10N4O. The number of hydrogen-bond acceptors (Lipinski definition) is 5. The van der Waals surface area contributed by atoms with Crippen molar-refractivity contribution in [2.45, 2.75) is 0 Å². The van der Waals surface area contributed by atoms with Crippen LogP contribution in [0.15, 0.2) is 42.6 Å². The predicted molar refractivity (Wildman–Crippen MR) is 68.8 cm³/mol. The van der Waals surface area contributed by atoms with E-state index in [0.717, 1.165) is 10.8 Å². The number of rotatable bonds is 1. The second-order valence-electron chi connectivity index (χ2n) is 3.92. The average Bonchev–Trinajstić information content (AvgIpc) is 2.41. The van der Waals surface area contributed by atoms with E-state index in [0.29, 0.717) is 16.9 Å². The van der Waals surface area contributed by atoms with Gasteiger partial charge in [0.2, 0.25) is 0 Å². The molecule has 0 bridgehead atoms. The zero-order valence-corrected chi connectivity index (χ0v) is 9.41. The lowest BCUT2D eigenvalue weighted by Crippen LogP contribution is -1.94. The van der Waals surface area contributed by atoms with Crippen LogP contribution in [0.2, 0.25) is 0 Å². The third kappa shape index (κ3) is 1.53. The Labute approximate surface area is 103 Å². The zero-order valence-electron chi connectivity index (χ0n) is 9.41. The van der Waals surface area contributed by atoms with Gasteiger partial charge in [-0.2, -0.15) is 0 Å². The van der Waals surface area contributed by atoms with Crippen molar-refractivity contribution in [2.75, 3.05) is 5.73 Å². The summed E-state index contributed by atoms with van der Waals surface area (Å²) in [5, 5.41) is 23.1. The lowest BCUT2D eigenvalue weighted by atomic mass is 10.00. The van der Waals surface area contributed by atoms with Crippen LogP contribution in [0.4, 0.5) is 5.69 Å². The minimum Gasteiger partial charge on any atom is -0.505 e. The molecule has 0 aliphatic heterocycles. The van der Waals surface area contributed by atoms with Gasteiger partial charge in [-0.25, -0.2) is 0 Å². The summed E-state index contributed by atoms with van der Waals surface area (Å²) >= 11 is 0. The third-order valence-corrected chi connectivity index (χ3v) is 2.81. The number of nitrogens with two attached hydrogens (primary N) is 1. The fraction of sp³-hybridized carbons (Fsp3) is 0. The molecule has 88 valence electrons. The maximum absolute atomic E-state index is 10.1. The van der Waals surface area contributed by atoms with E-state index in [2.05, 4.69) is 15.4 Å². The first-order chi connectivity index (χ1) is 8.77. The number of aromatic hydroxyl groups is 1. The summed E-state index contributed by atoms with van der Waals surface area (Å²) in [4.78, 5) is 0. The van der Waals surface area contributed by atoms with Crippen molar-refractivity contribution in [3.8, 4) is 17.0 Å². The molecule has 1 aromatic heterocycles. The molecule has 0 aliphatic rings. The number of phenols is 1. The minimum atomic E-state index is 0.0224. The monoisotopic (exact) mass is 238 g/mol. The van der Waals surface area contributed by atoms with Crippen LogP contribution in [-0.2, 0) is 0 Å². The molecule has 5 heteroatoms. The van der Waals surface area contributed by atoms with Gasteiger partial charge in [0.1, 0.15) is 11.4 Å². The first-order valence-corrected chi connectivity index (χ1v) is 5.42. The van der Waals surface area contributed by atoms with Gasteiger partial charge in [-0.05, 0) is 28.1 Å². The summed E-state index contributed by atoms with van der Waals surface area (Å²) in [6.45, 7) is 0. The second-order valence-corrected chi connectivity index (χ2v) is 3.92. The van der Waals surface area contributed by atoms with Crippen LogP contribution in [0, 0.1) is 0 Å². The maximum atomic E-state index is 10.1. The molecule has 18 heavy (non-hydrogen) atoms. The molecule has 2 aromatic carbocycles. The number of anilines is 1. The molecule has 0 aliphatic carbocycles. The Morgan fingerprint density at radius 3 is 2.72 bits per heavy atom. The molecule has 0 fully saturated rings. The van der Waals surface area contributed by atoms with Gasteiger partial charge in [0.15, 0.2) is 0 Å². The van der Waals surface area contributed by atoms with Crippen LogP contribution in [0.3, 0.4) is 0 Å². The van der Waals surface area contributed by atoms with Crippen LogP contribution in [0.1, 0.15) is 0 Å². The van der Waals surface area contributed by atoms with E-state index in [4.69, 9.17) is 5.73 Å². The number of benzene rings is 2. The number of nitrogens with zero attached hydrogens (tertiary/aromatic N) is 3. The van der Waals surface area contributed by atoms with Gasteiger partial charge in [0.25, 0.3) is 0 Å². The van der Waals surface area contributed by atoms with Crippen LogP contribution >= 0.6 is 0 Å². The minimum absolute atomic E-state index is 0.0224. The van der Waals surface area contributed by atoms with E-state index in [-0.39, 0.29) is 5.75 Å². The Balaban J connectivity index is 2.43. The Morgan fingerprint density at radius 1 is 1.11 bits per heavy atom. The summed E-state index contributed by atoms with van der Waals surface area (Å²) in [5.41, 5.74) is 7.26. The van der Waals surface area contributed by atoms with Gasteiger partial charge in [-0.3, -0.25) is 0 Å². The Hall–Kier alpha value is -2.69. The normalized spacial score (nSPS) is 10.7. The van der Waals surface area contributed by atoms with Crippen molar-refractivity contribution in [3.05, 3.63) is 42.6 Å². The average molecular weight is 238 g/mol. The second kappa shape index (κ2) is 3.96. The molecular weight excluding hydrogens is 228 g/mol. The van der Waals surface area contributed by atoms with Gasteiger partial charge < -0.3 is 10.8 Å². The van der Waals surface area contributed by atoms with Crippen molar-refractivity contribution < 1.29 is 5.11 Å². The summed E-state index contributed by atoms with van der Waals surface area (Å²) in [6.07, 6.45) is 1.53. The molecule has 0 radical (unpaired) electrons. The van der Waals surface area contributed by atoms with Crippen molar-refractivity contribution in [2.24, 2.45) is 0 Å². The number of fused-ring (bicyclic) bond motifs is 1. The number of hydrogen-bond donors (Lipinski definition) is 2. The van der Waals surface area contributed by atoms with Gasteiger partial charge in [0, 0.05) is 0 Å². The largest absolute Gasteiger partial charge is 0.505 e. The highest BCUT2D eigenvalue weighted by Crippen LogP contribution is 2.39. The van der Waals surface area contributed by atoms with Gasteiger partial charge in [-0.1, -0.05) is 24.3 Å². The maximum Gasteiger partial charge on any atom is 0.148 e. The molecule has 5 nitrogen and oxygen atoms in total. The molecule has 0 amide bonds.